The molecule has 0 aliphatic heterocycles. The van der Waals surface area contributed by atoms with Crippen LogP contribution in [0.15, 0.2) is 24.5 Å². The highest BCUT2D eigenvalue weighted by molar-refractivity contribution is 6.31. The molecule has 2 rings (SSSR count). The second kappa shape index (κ2) is 4.28. The molecule has 0 saturated heterocycles. The molecule has 0 bridgehead atoms. The van der Waals surface area contributed by atoms with Crippen LogP contribution in [0.3, 0.4) is 0 Å². The number of carbonyl (C=O) groups is 1. The molecular weight excluding hydrogens is 235 g/mol. The van der Waals surface area contributed by atoms with Gasteiger partial charge in [-0.25, -0.2) is 9.49 Å². The third-order valence-electron chi connectivity index (χ3n) is 1.84. The number of aromatic amines is 1. The zero-order valence-corrected chi connectivity index (χ0v) is 8.62. The van der Waals surface area contributed by atoms with Gasteiger partial charge in [-0.3, -0.25) is 10.1 Å². The fourth-order valence-corrected chi connectivity index (χ4v) is 1.29. The van der Waals surface area contributed by atoms with Crippen molar-refractivity contribution in [3.05, 3.63) is 40.9 Å². The largest absolute Gasteiger partial charge is 0.291 e. The van der Waals surface area contributed by atoms with Crippen molar-refractivity contribution < 1.29 is 9.18 Å². The highest BCUT2D eigenvalue weighted by Gasteiger charge is 2.14. The standard InChI is InChI=1S/C9H6ClFN4O/c10-6-3-1-2-5(7(6)11)8(16)14-9-12-4-13-15-9/h1-4H,(H2,12,13,14,15,16). The lowest BCUT2D eigenvalue weighted by Crippen LogP contribution is -2.14. The number of benzene rings is 1. The fourth-order valence-electron chi connectivity index (χ4n) is 1.12. The van der Waals surface area contributed by atoms with E-state index in [4.69, 9.17) is 11.6 Å². The summed E-state index contributed by atoms with van der Waals surface area (Å²) < 4.78 is 13.4. The molecule has 1 aromatic carbocycles. The summed E-state index contributed by atoms with van der Waals surface area (Å²) in [5.41, 5.74) is -0.149. The van der Waals surface area contributed by atoms with E-state index in [9.17, 15) is 9.18 Å². The van der Waals surface area contributed by atoms with Gasteiger partial charge in [-0.05, 0) is 12.1 Å². The molecule has 2 N–H and O–H groups in total. The summed E-state index contributed by atoms with van der Waals surface area (Å²) in [5, 5.41) is 8.19. The average molecular weight is 241 g/mol. The van der Waals surface area contributed by atoms with Crippen LogP contribution >= 0.6 is 11.6 Å². The Labute approximate surface area is 94.7 Å². The Morgan fingerprint density at radius 1 is 1.50 bits per heavy atom. The summed E-state index contributed by atoms with van der Waals surface area (Å²) in [7, 11) is 0. The second-order valence-electron chi connectivity index (χ2n) is 2.89. The smallest absolute Gasteiger partial charge is 0.261 e. The van der Waals surface area contributed by atoms with Crippen LogP contribution in [0, 0.1) is 5.82 Å². The Morgan fingerprint density at radius 3 is 3.00 bits per heavy atom. The molecule has 1 aromatic heterocycles. The Kier molecular flexibility index (Phi) is 2.82. The van der Waals surface area contributed by atoms with Gasteiger partial charge in [0.05, 0.1) is 10.6 Å². The van der Waals surface area contributed by atoms with Crippen LogP contribution in [0.25, 0.3) is 0 Å². The van der Waals surface area contributed by atoms with Gasteiger partial charge < -0.3 is 0 Å². The maximum Gasteiger partial charge on any atom is 0.261 e. The number of amides is 1. The summed E-state index contributed by atoms with van der Waals surface area (Å²) in [4.78, 5) is 15.3. The van der Waals surface area contributed by atoms with Crippen LogP contribution in [-0.4, -0.2) is 21.1 Å². The van der Waals surface area contributed by atoms with Gasteiger partial charge in [0.2, 0.25) is 5.95 Å². The van der Waals surface area contributed by atoms with E-state index in [1.165, 1.54) is 24.5 Å². The highest BCUT2D eigenvalue weighted by Crippen LogP contribution is 2.18. The van der Waals surface area contributed by atoms with Crippen molar-refractivity contribution in [2.45, 2.75) is 0 Å². The lowest BCUT2D eigenvalue weighted by atomic mass is 10.2. The van der Waals surface area contributed by atoms with Crippen molar-refractivity contribution in [2.24, 2.45) is 0 Å². The molecule has 0 aliphatic carbocycles. The van der Waals surface area contributed by atoms with E-state index in [0.717, 1.165) is 0 Å². The summed E-state index contributed by atoms with van der Waals surface area (Å²) >= 11 is 5.55. The molecule has 0 unspecified atom stereocenters. The first-order valence-corrected chi connectivity index (χ1v) is 4.67. The minimum atomic E-state index is -0.763. The molecule has 0 aliphatic rings. The van der Waals surface area contributed by atoms with E-state index in [1.54, 1.807) is 0 Å². The molecule has 5 nitrogen and oxygen atoms in total. The zero-order chi connectivity index (χ0) is 11.5. The van der Waals surface area contributed by atoms with Crippen LogP contribution < -0.4 is 5.32 Å². The molecule has 82 valence electrons. The minimum absolute atomic E-state index is 0.106. The number of carbonyl (C=O) groups excluding carboxylic acids is 1. The number of nitrogens with zero attached hydrogens (tertiary/aromatic N) is 2. The molecule has 0 atom stereocenters. The number of nitrogens with one attached hydrogen (secondary N) is 2. The lowest BCUT2D eigenvalue weighted by molar-refractivity contribution is 0.102. The number of aromatic nitrogens is 3. The summed E-state index contributed by atoms with van der Waals surface area (Å²) in [5.74, 6) is -1.26. The Bertz CT molecular complexity index is 514. The van der Waals surface area contributed by atoms with Crippen LogP contribution in [0.2, 0.25) is 5.02 Å². The minimum Gasteiger partial charge on any atom is -0.291 e. The quantitative estimate of drug-likeness (QED) is 0.842. The molecule has 16 heavy (non-hydrogen) atoms. The number of H-pyrrole nitrogens is 1. The molecule has 0 saturated carbocycles. The van der Waals surface area contributed by atoms with Crippen LogP contribution in [-0.2, 0) is 0 Å². The van der Waals surface area contributed by atoms with Crippen molar-refractivity contribution in [3.8, 4) is 0 Å². The van der Waals surface area contributed by atoms with Gasteiger partial charge in [-0.15, -0.1) is 0 Å². The monoisotopic (exact) mass is 240 g/mol. The number of rotatable bonds is 2. The van der Waals surface area contributed by atoms with E-state index >= 15 is 0 Å². The first kappa shape index (κ1) is 10.6. The Balaban J connectivity index is 2.24. The molecule has 0 radical (unpaired) electrons. The van der Waals surface area contributed by atoms with Crippen molar-refractivity contribution in [3.63, 3.8) is 0 Å². The molecule has 1 amide bonds. The molecule has 1 heterocycles. The van der Waals surface area contributed by atoms with E-state index in [-0.39, 0.29) is 16.5 Å². The van der Waals surface area contributed by atoms with Crippen molar-refractivity contribution in [1.82, 2.24) is 15.2 Å². The van der Waals surface area contributed by atoms with Gasteiger partial charge in [0.15, 0.2) is 5.82 Å². The fraction of sp³-hybridized carbons (Fsp3) is 0. The van der Waals surface area contributed by atoms with Gasteiger partial charge in [0.25, 0.3) is 5.91 Å². The first-order valence-electron chi connectivity index (χ1n) is 4.29. The molecule has 2 aromatic rings. The maximum atomic E-state index is 13.4. The van der Waals surface area contributed by atoms with E-state index in [2.05, 4.69) is 20.5 Å². The number of hydrogen-bond donors (Lipinski definition) is 2. The highest BCUT2D eigenvalue weighted by atomic mass is 35.5. The first-order chi connectivity index (χ1) is 7.68. The SMILES string of the molecule is O=C(Nc1ncn[nH]1)c1cccc(Cl)c1F. The van der Waals surface area contributed by atoms with Crippen molar-refractivity contribution >= 4 is 23.5 Å². The van der Waals surface area contributed by atoms with Gasteiger partial charge in [0.1, 0.15) is 6.33 Å². The average Bonchev–Trinajstić information content (AvgIpc) is 2.74. The number of halogens is 2. The van der Waals surface area contributed by atoms with E-state index in [0.29, 0.717) is 0 Å². The van der Waals surface area contributed by atoms with Gasteiger partial charge in [-0.1, -0.05) is 17.7 Å². The van der Waals surface area contributed by atoms with Crippen LogP contribution in [0.4, 0.5) is 10.3 Å². The molecule has 0 spiro atoms. The Morgan fingerprint density at radius 2 is 2.31 bits per heavy atom. The van der Waals surface area contributed by atoms with E-state index in [1.807, 2.05) is 0 Å². The summed E-state index contributed by atoms with van der Waals surface area (Å²) in [6, 6.07) is 4.18. The van der Waals surface area contributed by atoms with Crippen LogP contribution in [0.5, 0.6) is 0 Å². The van der Waals surface area contributed by atoms with Crippen LogP contribution in [0.1, 0.15) is 10.4 Å². The Hall–Kier alpha value is -1.95. The second-order valence-corrected chi connectivity index (χ2v) is 3.30. The lowest BCUT2D eigenvalue weighted by Gasteiger charge is -2.03. The maximum absolute atomic E-state index is 13.4. The number of hydrogen-bond acceptors (Lipinski definition) is 3. The topological polar surface area (TPSA) is 70.7 Å². The number of anilines is 1. The van der Waals surface area contributed by atoms with Crippen molar-refractivity contribution in [2.75, 3.05) is 5.32 Å². The summed E-state index contributed by atoms with van der Waals surface area (Å²) in [6.45, 7) is 0. The third kappa shape index (κ3) is 2.01. The zero-order valence-electron chi connectivity index (χ0n) is 7.87. The summed E-state index contributed by atoms with van der Waals surface area (Å²) in [6.07, 6.45) is 1.23. The predicted octanol–water partition coefficient (Wildman–Crippen LogP) is 1.85. The van der Waals surface area contributed by atoms with E-state index < -0.39 is 11.7 Å². The molecule has 7 heteroatoms. The van der Waals surface area contributed by atoms with Crippen molar-refractivity contribution in [1.29, 1.82) is 0 Å². The van der Waals surface area contributed by atoms with Gasteiger partial charge in [-0.2, -0.15) is 10.1 Å². The normalized spacial score (nSPS) is 10.1. The molecular formula is C9H6ClFN4O. The van der Waals surface area contributed by atoms with Gasteiger partial charge in [0, 0.05) is 0 Å². The van der Waals surface area contributed by atoms with Gasteiger partial charge >= 0.3 is 0 Å². The molecule has 0 fully saturated rings. The predicted molar refractivity (Wildman–Crippen MR) is 55.7 cm³/mol. The third-order valence-corrected chi connectivity index (χ3v) is 2.14.